The van der Waals surface area contributed by atoms with E-state index in [0.29, 0.717) is 17.0 Å². The van der Waals surface area contributed by atoms with Crippen LogP contribution >= 0.6 is 11.3 Å². The highest BCUT2D eigenvalue weighted by atomic mass is 32.1. The zero-order chi connectivity index (χ0) is 17.1. The summed E-state index contributed by atoms with van der Waals surface area (Å²) in [5.41, 5.74) is 3.81. The molecule has 0 aliphatic heterocycles. The molecular formula is C19H21NO3S. The van der Waals surface area contributed by atoms with E-state index in [2.05, 4.69) is 12.2 Å². The fraction of sp³-hybridized carbons (Fsp3) is 0.368. The average Bonchev–Trinajstić information content (AvgIpc) is 3.15. The molecule has 1 aromatic heterocycles. The minimum Gasteiger partial charge on any atom is -0.465 e. The summed E-state index contributed by atoms with van der Waals surface area (Å²) in [6.45, 7) is 2.10. The second-order valence-electron chi connectivity index (χ2n) is 5.95. The van der Waals surface area contributed by atoms with Crippen molar-refractivity contribution < 1.29 is 14.3 Å². The van der Waals surface area contributed by atoms with Gasteiger partial charge in [-0.2, -0.15) is 0 Å². The van der Waals surface area contributed by atoms with E-state index in [9.17, 15) is 9.59 Å². The maximum atomic E-state index is 12.4. The number of methoxy groups -OCH3 is 1. The Labute approximate surface area is 145 Å². The fourth-order valence-corrected chi connectivity index (χ4v) is 4.35. The highest BCUT2D eigenvalue weighted by Gasteiger charge is 2.27. The summed E-state index contributed by atoms with van der Waals surface area (Å²) >= 11 is 1.50. The molecule has 1 aliphatic carbocycles. The van der Waals surface area contributed by atoms with Crippen LogP contribution in [0.4, 0.5) is 5.00 Å². The van der Waals surface area contributed by atoms with E-state index in [1.165, 1.54) is 28.9 Å². The molecule has 4 nitrogen and oxygen atoms in total. The van der Waals surface area contributed by atoms with Crippen molar-refractivity contribution in [3.63, 3.8) is 0 Å². The van der Waals surface area contributed by atoms with Crippen LogP contribution in [0.2, 0.25) is 0 Å². The van der Waals surface area contributed by atoms with Gasteiger partial charge < -0.3 is 10.1 Å². The second kappa shape index (κ2) is 7.18. The minimum atomic E-state index is -0.364. The predicted octanol–water partition coefficient (Wildman–Crippen LogP) is 3.77. The Hall–Kier alpha value is -2.14. The molecular weight excluding hydrogens is 322 g/mol. The van der Waals surface area contributed by atoms with Gasteiger partial charge in [0.05, 0.1) is 19.1 Å². The summed E-state index contributed by atoms with van der Waals surface area (Å²) in [6.07, 6.45) is 4.19. The Morgan fingerprint density at radius 2 is 1.88 bits per heavy atom. The number of nitrogens with one attached hydrogen (secondary N) is 1. The normalized spacial score (nSPS) is 12.8. The Morgan fingerprint density at radius 1 is 1.17 bits per heavy atom. The third-order valence-electron chi connectivity index (χ3n) is 4.36. The van der Waals surface area contributed by atoms with Crippen molar-refractivity contribution in [1.82, 2.24) is 0 Å². The molecule has 0 fully saturated rings. The van der Waals surface area contributed by atoms with Gasteiger partial charge in [0.1, 0.15) is 5.00 Å². The van der Waals surface area contributed by atoms with Crippen molar-refractivity contribution in [2.75, 3.05) is 12.4 Å². The van der Waals surface area contributed by atoms with Gasteiger partial charge >= 0.3 is 5.97 Å². The Balaban J connectivity index is 1.75. The van der Waals surface area contributed by atoms with E-state index < -0.39 is 0 Å². The van der Waals surface area contributed by atoms with E-state index >= 15 is 0 Å². The summed E-state index contributed by atoms with van der Waals surface area (Å²) in [7, 11) is 1.38. The molecule has 0 radical (unpaired) electrons. The average molecular weight is 343 g/mol. The number of carbonyl (C=O) groups is 2. The molecule has 126 valence electrons. The molecule has 24 heavy (non-hydrogen) atoms. The van der Waals surface area contributed by atoms with Gasteiger partial charge in [-0.1, -0.05) is 31.2 Å². The maximum absolute atomic E-state index is 12.4. The Bertz CT molecular complexity index is 762. The molecule has 1 N–H and O–H groups in total. The van der Waals surface area contributed by atoms with E-state index in [0.717, 1.165) is 36.8 Å². The lowest BCUT2D eigenvalue weighted by atomic mass is 10.1. The van der Waals surface area contributed by atoms with Crippen LogP contribution in [0.3, 0.4) is 0 Å². The number of hydrogen-bond donors (Lipinski definition) is 1. The SMILES string of the molecule is CCc1ccc(CC(=O)Nc2sc3c(c2C(=O)OC)CCC3)cc1. The largest absolute Gasteiger partial charge is 0.465 e. The van der Waals surface area contributed by atoms with Gasteiger partial charge in [-0.25, -0.2) is 4.79 Å². The zero-order valence-corrected chi connectivity index (χ0v) is 14.8. The summed E-state index contributed by atoms with van der Waals surface area (Å²) in [5, 5.41) is 3.54. The van der Waals surface area contributed by atoms with Gasteiger partial charge in [0.2, 0.25) is 5.91 Å². The number of benzene rings is 1. The first-order valence-electron chi connectivity index (χ1n) is 8.23. The number of aryl methyl sites for hydroxylation is 2. The van der Waals surface area contributed by atoms with Crippen molar-refractivity contribution in [1.29, 1.82) is 0 Å². The van der Waals surface area contributed by atoms with Crippen molar-refractivity contribution in [2.24, 2.45) is 0 Å². The van der Waals surface area contributed by atoms with Crippen LogP contribution in [-0.2, 0) is 35.2 Å². The third kappa shape index (κ3) is 3.36. The zero-order valence-electron chi connectivity index (χ0n) is 14.0. The number of esters is 1. The van der Waals surface area contributed by atoms with Crippen molar-refractivity contribution >= 4 is 28.2 Å². The van der Waals surface area contributed by atoms with Crippen LogP contribution < -0.4 is 5.32 Å². The van der Waals surface area contributed by atoms with Crippen LogP contribution in [-0.4, -0.2) is 19.0 Å². The van der Waals surface area contributed by atoms with Crippen LogP contribution in [0.1, 0.15) is 45.3 Å². The van der Waals surface area contributed by atoms with Gasteiger partial charge in [0.25, 0.3) is 0 Å². The number of amides is 1. The number of thiophene rings is 1. The van der Waals surface area contributed by atoms with Crippen LogP contribution in [0.15, 0.2) is 24.3 Å². The highest BCUT2D eigenvalue weighted by molar-refractivity contribution is 7.17. The Kier molecular flexibility index (Phi) is 5.00. The minimum absolute atomic E-state index is 0.107. The first-order chi connectivity index (χ1) is 11.6. The topological polar surface area (TPSA) is 55.4 Å². The van der Waals surface area contributed by atoms with Gasteiger partial charge in [-0.15, -0.1) is 11.3 Å². The van der Waals surface area contributed by atoms with Gasteiger partial charge in [0.15, 0.2) is 0 Å². The van der Waals surface area contributed by atoms with Crippen LogP contribution in [0.5, 0.6) is 0 Å². The first-order valence-corrected chi connectivity index (χ1v) is 9.04. The standard InChI is InChI=1S/C19H21NO3S/c1-3-12-7-9-13(10-8-12)11-16(21)20-18-17(19(22)23-2)14-5-4-6-15(14)24-18/h7-10H,3-6,11H2,1-2H3,(H,20,21). The molecule has 1 amide bonds. The number of fused-ring (bicyclic) bond motifs is 1. The van der Waals surface area contributed by atoms with Gasteiger partial charge in [0, 0.05) is 4.88 Å². The smallest absolute Gasteiger partial charge is 0.341 e. The number of hydrogen-bond acceptors (Lipinski definition) is 4. The lowest BCUT2D eigenvalue weighted by molar-refractivity contribution is -0.115. The summed E-state index contributed by atoms with van der Waals surface area (Å²) in [6, 6.07) is 8.05. The van der Waals surface area contributed by atoms with Crippen LogP contribution in [0.25, 0.3) is 0 Å². The van der Waals surface area contributed by atoms with Gasteiger partial charge in [-0.05, 0) is 42.4 Å². The summed E-state index contributed by atoms with van der Waals surface area (Å²) < 4.78 is 4.90. The number of carbonyl (C=O) groups excluding carboxylic acids is 2. The Morgan fingerprint density at radius 3 is 2.54 bits per heavy atom. The lowest BCUT2D eigenvalue weighted by Crippen LogP contribution is -2.16. The van der Waals surface area contributed by atoms with Crippen molar-refractivity contribution in [3.8, 4) is 0 Å². The molecule has 5 heteroatoms. The molecule has 0 saturated carbocycles. The summed E-state index contributed by atoms with van der Waals surface area (Å²) in [5.74, 6) is -0.471. The predicted molar refractivity (Wildman–Crippen MR) is 95.8 cm³/mol. The second-order valence-corrected chi connectivity index (χ2v) is 7.05. The van der Waals surface area contributed by atoms with Crippen LogP contribution in [0, 0.1) is 0 Å². The molecule has 0 saturated heterocycles. The van der Waals surface area contributed by atoms with E-state index in [1.54, 1.807) is 0 Å². The number of ether oxygens (including phenoxy) is 1. The molecule has 0 unspecified atom stereocenters. The van der Waals surface area contributed by atoms with Gasteiger partial charge in [-0.3, -0.25) is 4.79 Å². The third-order valence-corrected chi connectivity index (χ3v) is 5.57. The molecule has 0 spiro atoms. The first kappa shape index (κ1) is 16.7. The lowest BCUT2D eigenvalue weighted by Gasteiger charge is -2.07. The molecule has 2 aromatic rings. The van der Waals surface area contributed by atoms with E-state index in [1.807, 2.05) is 24.3 Å². The molecule has 0 bridgehead atoms. The van der Waals surface area contributed by atoms with Crippen molar-refractivity contribution in [2.45, 2.75) is 39.0 Å². The molecule has 1 aromatic carbocycles. The molecule has 1 aliphatic rings. The van der Waals surface area contributed by atoms with E-state index in [-0.39, 0.29) is 11.9 Å². The highest BCUT2D eigenvalue weighted by Crippen LogP contribution is 2.39. The van der Waals surface area contributed by atoms with E-state index in [4.69, 9.17) is 4.74 Å². The molecule has 3 rings (SSSR count). The maximum Gasteiger partial charge on any atom is 0.341 e. The molecule has 1 heterocycles. The number of rotatable bonds is 5. The van der Waals surface area contributed by atoms with Crippen molar-refractivity contribution in [3.05, 3.63) is 51.4 Å². The quantitative estimate of drug-likeness (QED) is 0.841. The monoisotopic (exact) mass is 343 g/mol. The molecule has 0 atom stereocenters. The summed E-state index contributed by atoms with van der Waals surface area (Å²) in [4.78, 5) is 25.7. The fourth-order valence-electron chi connectivity index (χ4n) is 3.06. The number of anilines is 1.